The quantitative estimate of drug-likeness (QED) is 0.277. The summed E-state index contributed by atoms with van der Waals surface area (Å²) in [7, 11) is 0. The maximum atomic E-state index is 12.8. The molecular weight excluding hydrogens is 348 g/mol. The summed E-state index contributed by atoms with van der Waals surface area (Å²) in [6, 6.07) is 1.38. The molecule has 0 spiro atoms. The van der Waals surface area contributed by atoms with E-state index in [4.69, 9.17) is 5.41 Å². The summed E-state index contributed by atoms with van der Waals surface area (Å²) < 4.78 is 76.6. The van der Waals surface area contributed by atoms with Crippen LogP contribution in [0.15, 0.2) is 18.2 Å². The zero-order valence-electron chi connectivity index (χ0n) is 13.7. The van der Waals surface area contributed by atoms with Crippen LogP contribution in [0, 0.1) is 5.41 Å². The third-order valence-corrected chi connectivity index (χ3v) is 3.45. The fraction of sp³-hybridized carbons (Fsp3) is 0.562. The number of halogens is 6. The van der Waals surface area contributed by atoms with Crippen LogP contribution in [0.4, 0.5) is 26.3 Å². The molecule has 1 aromatic carbocycles. The van der Waals surface area contributed by atoms with E-state index in [0.717, 1.165) is 25.7 Å². The fourth-order valence-electron chi connectivity index (χ4n) is 2.14. The monoisotopic (exact) mass is 369 g/mol. The van der Waals surface area contributed by atoms with Crippen molar-refractivity contribution < 1.29 is 26.3 Å². The minimum Gasteiger partial charge on any atom is -0.357 e. The summed E-state index contributed by atoms with van der Waals surface area (Å²) in [6.07, 6.45) is -5.80. The standard InChI is InChI=1S/C16H21F6N3/c1-2-3-4-5-6-24-14(23)25-10-11-7-12(15(17,18)19)9-13(8-11)16(20,21)22/h7-9H,2-6,10H2,1H3,(H3,23,24,25). The maximum absolute atomic E-state index is 12.8. The first kappa shape index (κ1) is 21.1. The van der Waals surface area contributed by atoms with Gasteiger partial charge in [0.1, 0.15) is 0 Å². The molecular formula is C16H21F6N3. The fourth-order valence-corrected chi connectivity index (χ4v) is 2.14. The lowest BCUT2D eigenvalue weighted by molar-refractivity contribution is -0.143. The molecule has 1 rings (SSSR count). The Morgan fingerprint density at radius 3 is 1.92 bits per heavy atom. The van der Waals surface area contributed by atoms with Crippen molar-refractivity contribution in [3.63, 3.8) is 0 Å². The minimum absolute atomic E-state index is 0.0841. The molecule has 9 heteroatoms. The van der Waals surface area contributed by atoms with Crippen molar-refractivity contribution in [2.45, 2.75) is 51.5 Å². The molecule has 1 aromatic rings. The highest BCUT2D eigenvalue weighted by atomic mass is 19.4. The van der Waals surface area contributed by atoms with Crippen LogP contribution in [0.2, 0.25) is 0 Å². The van der Waals surface area contributed by atoms with E-state index < -0.39 is 23.5 Å². The van der Waals surface area contributed by atoms with Crippen LogP contribution >= 0.6 is 0 Å². The van der Waals surface area contributed by atoms with E-state index in [9.17, 15) is 26.3 Å². The molecule has 0 unspecified atom stereocenters. The normalized spacial score (nSPS) is 12.1. The predicted octanol–water partition coefficient (Wildman–Crippen LogP) is 4.92. The van der Waals surface area contributed by atoms with Crippen molar-refractivity contribution in [3.8, 4) is 0 Å². The number of unbranched alkanes of at least 4 members (excludes halogenated alkanes) is 3. The molecule has 25 heavy (non-hydrogen) atoms. The number of rotatable bonds is 7. The van der Waals surface area contributed by atoms with Gasteiger partial charge in [-0.3, -0.25) is 5.41 Å². The molecule has 0 fully saturated rings. The largest absolute Gasteiger partial charge is 0.416 e. The number of nitrogens with one attached hydrogen (secondary N) is 3. The molecule has 3 nitrogen and oxygen atoms in total. The molecule has 0 bridgehead atoms. The summed E-state index contributed by atoms with van der Waals surface area (Å²) in [5, 5.41) is 12.8. The van der Waals surface area contributed by atoms with Crippen LogP contribution in [-0.2, 0) is 18.9 Å². The van der Waals surface area contributed by atoms with E-state index in [1.54, 1.807) is 0 Å². The van der Waals surface area contributed by atoms with Gasteiger partial charge >= 0.3 is 12.4 Å². The molecule has 3 N–H and O–H groups in total. The van der Waals surface area contributed by atoms with E-state index >= 15 is 0 Å². The zero-order chi connectivity index (χ0) is 19.1. The van der Waals surface area contributed by atoms with Gasteiger partial charge in [-0.15, -0.1) is 0 Å². The summed E-state index contributed by atoms with van der Waals surface area (Å²) in [5.74, 6) is -0.137. The predicted molar refractivity (Wildman–Crippen MR) is 83.2 cm³/mol. The lowest BCUT2D eigenvalue weighted by Crippen LogP contribution is -2.36. The topological polar surface area (TPSA) is 47.9 Å². The Hall–Kier alpha value is -1.93. The van der Waals surface area contributed by atoms with Crippen LogP contribution in [0.5, 0.6) is 0 Å². The van der Waals surface area contributed by atoms with Gasteiger partial charge in [-0.2, -0.15) is 26.3 Å². The number of benzene rings is 1. The molecule has 0 aliphatic rings. The summed E-state index contributed by atoms with van der Waals surface area (Å²) in [5.41, 5.74) is -2.92. The molecule has 0 radical (unpaired) electrons. The first-order chi connectivity index (χ1) is 11.5. The smallest absolute Gasteiger partial charge is 0.357 e. The van der Waals surface area contributed by atoms with Crippen molar-refractivity contribution in [2.24, 2.45) is 0 Å². The van der Waals surface area contributed by atoms with E-state index in [-0.39, 0.29) is 24.1 Å². The molecule has 0 aromatic heterocycles. The van der Waals surface area contributed by atoms with E-state index in [1.165, 1.54) is 0 Å². The van der Waals surface area contributed by atoms with Crippen molar-refractivity contribution in [1.82, 2.24) is 10.6 Å². The Morgan fingerprint density at radius 1 is 0.880 bits per heavy atom. The van der Waals surface area contributed by atoms with Gasteiger partial charge in [0.25, 0.3) is 0 Å². The highest BCUT2D eigenvalue weighted by Gasteiger charge is 2.36. The summed E-state index contributed by atoms with van der Waals surface area (Å²) >= 11 is 0. The van der Waals surface area contributed by atoms with E-state index in [1.807, 2.05) is 0 Å². The van der Waals surface area contributed by atoms with Crippen molar-refractivity contribution in [1.29, 1.82) is 5.41 Å². The second-order valence-corrected chi connectivity index (χ2v) is 5.63. The first-order valence-corrected chi connectivity index (χ1v) is 7.88. The summed E-state index contributed by atoms with van der Waals surface area (Å²) in [4.78, 5) is 0. The minimum atomic E-state index is -4.87. The highest BCUT2D eigenvalue weighted by molar-refractivity contribution is 5.76. The molecule has 0 saturated carbocycles. The maximum Gasteiger partial charge on any atom is 0.416 e. The lowest BCUT2D eigenvalue weighted by Gasteiger charge is -2.15. The number of hydrogen-bond acceptors (Lipinski definition) is 1. The highest BCUT2D eigenvalue weighted by Crippen LogP contribution is 2.36. The second-order valence-electron chi connectivity index (χ2n) is 5.63. The average Bonchev–Trinajstić information content (AvgIpc) is 2.51. The van der Waals surface area contributed by atoms with E-state index in [2.05, 4.69) is 17.6 Å². The summed E-state index contributed by atoms with van der Waals surface area (Å²) in [6.45, 7) is 2.26. The van der Waals surface area contributed by atoms with Gasteiger partial charge in [0.05, 0.1) is 11.1 Å². The Morgan fingerprint density at radius 2 is 1.44 bits per heavy atom. The van der Waals surface area contributed by atoms with Crippen LogP contribution in [0.1, 0.15) is 49.3 Å². The third-order valence-electron chi connectivity index (χ3n) is 3.45. The molecule has 0 amide bonds. The molecule has 0 aliphatic carbocycles. The van der Waals surface area contributed by atoms with Crippen LogP contribution in [0.3, 0.4) is 0 Å². The second kappa shape index (κ2) is 8.96. The molecule has 142 valence electrons. The Labute approximate surface area is 142 Å². The van der Waals surface area contributed by atoms with Crippen molar-refractivity contribution in [2.75, 3.05) is 6.54 Å². The van der Waals surface area contributed by atoms with Gasteiger partial charge in [-0.25, -0.2) is 0 Å². The van der Waals surface area contributed by atoms with Crippen molar-refractivity contribution >= 4 is 5.96 Å². The van der Waals surface area contributed by atoms with Gasteiger partial charge in [0, 0.05) is 13.1 Å². The van der Waals surface area contributed by atoms with Crippen LogP contribution in [-0.4, -0.2) is 12.5 Å². The SMILES string of the molecule is CCCCCCNC(=N)NCc1cc(C(F)(F)F)cc(C(F)(F)F)c1. The van der Waals surface area contributed by atoms with Crippen LogP contribution < -0.4 is 10.6 Å². The van der Waals surface area contributed by atoms with E-state index in [0.29, 0.717) is 18.7 Å². The molecule has 0 saturated heterocycles. The number of alkyl halides is 6. The Balaban J connectivity index is 2.70. The lowest BCUT2D eigenvalue weighted by atomic mass is 10.0. The van der Waals surface area contributed by atoms with Gasteiger partial charge in [0.2, 0.25) is 0 Å². The van der Waals surface area contributed by atoms with Gasteiger partial charge < -0.3 is 10.6 Å². The van der Waals surface area contributed by atoms with Gasteiger partial charge in [0.15, 0.2) is 5.96 Å². The van der Waals surface area contributed by atoms with Crippen molar-refractivity contribution in [3.05, 3.63) is 34.9 Å². The average molecular weight is 369 g/mol. The number of hydrogen-bond donors (Lipinski definition) is 3. The zero-order valence-corrected chi connectivity index (χ0v) is 13.7. The Kier molecular flexibility index (Phi) is 7.57. The molecule has 0 atom stereocenters. The third kappa shape index (κ3) is 7.66. The molecule has 0 aliphatic heterocycles. The van der Waals surface area contributed by atoms with Gasteiger partial charge in [-0.1, -0.05) is 26.2 Å². The first-order valence-electron chi connectivity index (χ1n) is 7.88. The van der Waals surface area contributed by atoms with Gasteiger partial charge in [-0.05, 0) is 30.2 Å². The van der Waals surface area contributed by atoms with Crippen LogP contribution in [0.25, 0.3) is 0 Å². The number of guanidine groups is 1. The molecule has 0 heterocycles. The Bertz CT molecular complexity index is 534.